The minimum absolute atomic E-state index is 0.229. The topological polar surface area (TPSA) is 114 Å². The van der Waals surface area contributed by atoms with Crippen LogP contribution in [0.1, 0.15) is 33.1 Å². The summed E-state index contributed by atoms with van der Waals surface area (Å²) < 4.78 is 15.4. The van der Waals surface area contributed by atoms with Gasteiger partial charge in [0.1, 0.15) is 17.1 Å². The fourth-order valence-corrected chi connectivity index (χ4v) is 3.21. The highest BCUT2D eigenvalue weighted by Crippen LogP contribution is 2.32. The fourth-order valence-electron chi connectivity index (χ4n) is 3.21. The molecule has 33 heavy (non-hydrogen) atoms. The number of methoxy groups -OCH3 is 2. The molecule has 3 N–H and O–H groups in total. The summed E-state index contributed by atoms with van der Waals surface area (Å²) in [5, 5.41) is 22.6. The van der Waals surface area contributed by atoms with E-state index >= 15 is 0 Å². The molecular weight excluding hydrogens is 426 g/mol. The van der Waals surface area contributed by atoms with Gasteiger partial charge in [0.2, 0.25) is 0 Å². The average Bonchev–Trinajstić information content (AvgIpc) is 2.84. The number of phenols is 2. The first-order valence-electron chi connectivity index (χ1n) is 10.1. The molecule has 0 aliphatic heterocycles. The number of aryl methyl sites for hydroxylation is 1. The first-order valence-corrected chi connectivity index (χ1v) is 10.1. The van der Waals surface area contributed by atoms with E-state index in [1.807, 2.05) is 24.3 Å². The SMILES string of the molecule is COc1ccc(C(NC(=O)COC(=O)c2ccc(C)c(O)c2O)c2ccc(OC)cc2)cc1. The predicted octanol–water partition coefficient (Wildman–Crippen LogP) is 3.49. The molecule has 0 radical (unpaired) electrons. The van der Waals surface area contributed by atoms with E-state index in [-0.39, 0.29) is 5.56 Å². The quantitative estimate of drug-likeness (QED) is 0.355. The number of esters is 1. The Morgan fingerprint density at radius 3 is 1.82 bits per heavy atom. The zero-order valence-corrected chi connectivity index (χ0v) is 18.5. The molecule has 1 amide bonds. The second-order valence-electron chi connectivity index (χ2n) is 7.25. The van der Waals surface area contributed by atoms with Gasteiger partial charge in [0.25, 0.3) is 5.91 Å². The summed E-state index contributed by atoms with van der Waals surface area (Å²) in [5.41, 5.74) is 1.76. The minimum atomic E-state index is -0.927. The number of carbonyl (C=O) groups excluding carboxylic acids is 2. The molecule has 0 saturated heterocycles. The van der Waals surface area contributed by atoms with Crippen LogP contribution >= 0.6 is 0 Å². The number of hydrogen-bond donors (Lipinski definition) is 3. The van der Waals surface area contributed by atoms with Crippen LogP contribution in [0.2, 0.25) is 0 Å². The van der Waals surface area contributed by atoms with Gasteiger partial charge in [-0.2, -0.15) is 0 Å². The summed E-state index contributed by atoms with van der Waals surface area (Å²) in [7, 11) is 3.13. The zero-order valence-electron chi connectivity index (χ0n) is 18.5. The maximum atomic E-state index is 12.6. The largest absolute Gasteiger partial charge is 0.504 e. The lowest BCUT2D eigenvalue weighted by Gasteiger charge is -2.20. The molecule has 0 atom stereocenters. The fraction of sp³-hybridized carbons (Fsp3) is 0.200. The average molecular weight is 451 g/mol. The number of nitrogens with one attached hydrogen (secondary N) is 1. The molecule has 0 unspecified atom stereocenters. The summed E-state index contributed by atoms with van der Waals surface area (Å²) in [6, 6.07) is 16.7. The standard InChI is InChI=1S/C25H25NO7/c1-15-4-13-20(24(29)23(15)28)25(30)33-14-21(27)26-22(16-5-9-18(31-2)10-6-16)17-7-11-19(32-3)12-8-17/h4-13,22,28-29H,14H2,1-3H3,(H,26,27). The lowest BCUT2D eigenvalue weighted by atomic mass is 9.98. The van der Waals surface area contributed by atoms with E-state index in [0.717, 1.165) is 11.1 Å². The third-order valence-corrected chi connectivity index (χ3v) is 5.11. The van der Waals surface area contributed by atoms with Crippen LogP contribution in [0.15, 0.2) is 60.7 Å². The lowest BCUT2D eigenvalue weighted by molar-refractivity contribution is -0.124. The van der Waals surface area contributed by atoms with E-state index in [1.165, 1.54) is 12.1 Å². The molecule has 8 nitrogen and oxygen atoms in total. The molecule has 3 aromatic carbocycles. The van der Waals surface area contributed by atoms with Gasteiger partial charge in [-0.05, 0) is 53.9 Å². The van der Waals surface area contributed by atoms with E-state index in [2.05, 4.69) is 5.32 Å². The Bertz CT molecular complexity index is 1080. The molecule has 172 valence electrons. The first-order chi connectivity index (χ1) is 15.8. The minimum Gasteiger partial charge on any atom is -0.504 e. The van der Waals surface area contributed by atoms with Crippen molar-refractivity contribution in [2.75, 3.05) is 20.8 Å². The van der Waals surface area contributed by atoms with Crippen molar-refractivity contribution in [2.24, 2.45) is 0 Å². The van der Waals surface area contributed by atoms with Gasteiger partial charge in [0.05, 0.1) is 20.3 Å². The van der Waals surface area contributed by atoms with Gasteiger partial charge in [0.15, 0.2) is 18.1 Å². The van der Waals surface area contributed by atoms with Gasteiger partial charge in [0, 0.05) is 0 Å². The molecule has 0 bridgehead atoms. The monoisotopic (exact) mass is 451 g/mol. The Labute approximate surface area is 191 Å². The Hall–Kier alpha value is -4.20. The van der Waals surface area contributed by atoms with Crippen molar-refractivity contribution in [3.63, 3.8) is 0 Å². The van der Waals surface area contributed by atoms with Gasteiger partial charge in [-0.1, -0.05) is 30.3 Å². The predicted molar refractivity (Wildman–Crippen MR) is 121 cm³/mol. The summed E-state index contributed by atoms with van der Waals surface area (Å²) in [6.07, 6.45) is 0. The second kappa shape index (κ2) is 10.4. The van der Waals surface area contributed by atoms with Gasteiger partial charge in [-0.15, -0.1) is 0 Å². The molecule has 0 aliphatic carbocycles. The highest BCUT2D eigenvalue weighted by atomic mass is 16.5. The van der Waals surface area contributed by atoms with Crippen molar-refractivity contribution >= 4 is 11.9 Å². The maximum absolute atomic E-state index is 12.6. The van der Waals surface area contributed by atoms with Crippen LogP contribution < -0.4 is 14.8 Å². The van der Waals surface area contributed by atoms with Crippen molar-refractivity contribution in [3.05, 3.63) is 82.9 Å². The lowest BCUT2D eigenvalue weighted by Crippen LogP contribution is -2.33. The maximum Gasteiger partial charge on any atom is 0.342 e. The Balaban J connectivity index is 1.75. The van der Waals surface area contributed by atoms with E-state index in [0.29, 0.717) is 17.1 Å². The smallest absolute Gasteiger partial charge is 0.342 e. The number of carbonyl (C=O) groups is 2. The number of rotatable bonds is 8. The van der Waals surface area contributed by atoms with Gasteiger partial charge in [-0.25, -0.2) is 4.79 Å². The van der Waals surface area contributed by atoms with Crippen molar-refractivity contribution in [1.29, 1.82) is 0 Å². The Morgan fingerprint density at radius 2 is 1.33 bits per heavy atom. The van der Waals surface area contributed by atoms with Crippen molar-refractivity contribution in [1.82, 2.24) is 5.32 Å². The van der Waals surface area contributed by atoms with Gasteiger partial charge in [-0.3, -0.25) is 4.79 Å². The van der Waals surface area contributed by atoms with Gasteiger partial charge >= 0.3 is 5.97 Å². The third kappa shape index (κ3) is 5.54. The molecular formula is C25H25NO7. The van der Waals surface area contributed by atoms with Crippen LogP contribution in [0.25, 0.3) is 0 Å². The summed E-state index contributed by atoms with van der Waals surface area (Å²) in [6.45, 7) is 1.01. The molecule has 3 rings (SSSR count). The van der Waals surface area contributed by atoms with E-state index < -0.39 is 36.0 Å². The molecule has 0 spiro atoms. The normalized spacial score (nSPS) is 10.5. The molecule has 3 aromatic rings. The number of hydrogen-bond acceptors (Lipinski definition) is 7. The number of aromatic hydroxyl groups is 2. The number of amides is 1. The molecule has 0 heterocycles. The van der Waals surface area contributed by atoms with Crippen LogP contribution in [0.5, 0.6) is 23.0 Å². The third-order valence-electron chi connectivity index (χ3n) is 5.11. The summed E-state index contributed by atoms with van der Waals surface area (Å²) >= 11 is 0. The number of ether oxygens (including phenoxy) is 3. The van der Waals surface area contributed by atoms with E-state index in [4.69, 9.17) is 14.2 Å². The van der Waals surface area contributed by atoms with E-state index in [1.54, 1.807) is 45.4 Å². The van der Waals surface area contributed by atoms with Crippen LogP contribution in [0.4, 0.5) is 0 Å². The molecule has 0 saturated carbocycles. The highest BCUT2D eigenvalue weighted by Gasteiger charge is 2.21. The molecule has 0 aromatic heterocycles. The summed E-state index contributed by atoms with van der Waals surface area (Å²) in [5.74, 6) is -1.12. The first kappa shape index (κ1) is 23.5. The van der Waals surface area contributed by atoms with Crippen molar-refractivity contribution < 1.29 is 34.0 Å². The van der Waals surface area contributed by atoms with E-state index in [9.17, 15) is 19.8 Å². The second-order valence-corrected chi connectivity index (χ2v) is 7.25. The number of benzene rings is 3. The zero-order chi connectivity index (χ0) is 24.0. The number of phenolic OH excluding ortho intramolecular Hbond substituents is 2. The molecule has 0 aliphatic rings. The van der Waals surface area contributed by atoms with Crippen LogP contribution in [0.3, 0.4) is 0 Å². The van der Waals surface area contributed by atoms with Crippen LogP contribution in [-0.2, 0) is 9.53 Å². The Morgan fingerprint density at radius 1 is 0.818 bits per heavy atom. The van der Waals surface area contributed by atoms with Crippen LogP contribution in [-0.4, -0.2) is 42.9 Å². The summed E-state index contributed by atoms with van der Waals surface area (Å²) in [4.78, 5) is 24.9. The van der Waals surface area contributed by atoms with Crippen molar-refractivity contribution in [2.45, 2.75) is 13.0 Å². The van der Waals surface area contributed by atoms with Gasteiger partial charge < -0.3 is 29.7 Å². The molecule has 8 heteroatoms. The molecule has 0 fully saturated rings. The van der Waals surface area contributed by atoms with Crippen molar-refractivity contribution in [3.8, 4) is 23.0 Å². The highest BCUT2D eigenvalue weighted by molar-refractivity contribution is 5.95. The van der Waals surface area contributed by atoms with Crippen LogP contribution in [0, 0.1) is 6.92 Å². The Kier molecular flexibility index (Phi) is 7.40.